The first-order chi connectivity index (χ1) is 13.6. The smallest absolute Gasteiger partial charge is 0.163 e. The quantitative estimate of drug-likeness (QED) is 0.588. The van der Waals surface area contributed by atoms with E-state index in [1.54, 1.807) is 18.6 Å². The van der Waals surface area contributed by atoms with Gasteiger partial charge in [-0.3, -0.25) is 0 Å². The van der Waals surface area contributed by atoms with Crippen LogP contribution < -0.4 is 4.90 Å². The van der Waals surface area contributed by atoms with Gasteiger partial charge in [-0.1, -0.05) is 0 Å². The summed E-state index contributed by atoms with van der Waals surface area (Å²) in [5, 5.41) is 14.6. The Morgan fingerprint density at radius 2 is 1.89 bits per heavy atom. The van der Waals surface area contributed by atoms with E-state index in [2.05, 4.69) is 20.1 Å². The molecule has 5 rings (SSSR count). The highest BCUT2D eigenvalue weighted by Crippen LogP contribution is 2.35. The number of hydrogen-bond acceptors (Lipinski definition) is 6. The fraction of sp³-hybridized carbons (Fsp3) is 0.158. The number of pyridine rings is 1. The van der Waals surface area contributed by atoms with Crippen LogP contribution >= 0.6 is 0 Å². The number of rotatable bonds is 3. The molecule has 0 bridgehead atoms. The first-order valence-electron chi connectivity index (χ1n) is 8.63. The van der Waals surface area contributed by atoms with Gasteiger partial charge < -0.3 is 10.0 Å². The van der Waals surface area contributed by atoms with Crippen molar-refractivity contribution in [3.8, 4) is 16.8 Å². The van der Waals surface area contributed by atoms with Gasteiger partial charge in [0.05, 0.1) is 12.3 Å². The summed E-state index contributed by atoms with van der Waals surface area (Å²) in [5.74, 6) is -0.682. The molecule has 0 amide bonds. The van der Waals surface area contributed by atoms with E-state index in [-0.39, 0.29) is 11.8 Å². The maximum Gasteiger partial charge on any atom is 0.163 e. The maximum absolute atomic E-state index is 14.2. The van der Waals surface area contributed by atoms with E-state index in [0.717, 1.165) is 17.2 Å². The Hall–Kier alpha value is -3.46. The third-order valence-electron chi connectivity index (χ3n) is 4.75. The summed E-state index contributed by atoms with van der Waals surface area (Å²) in [6.45, 7) is 0.997. The highest BCUT2D eigenvalue weighted by atomic mass is 19.1. The minimum atomic E-state index is -0.726. The molecule has 0 spiro atoms. The fourth-order valence-corrected chi connectivity index (χ4v) is 3.39. The van der Waals surface area contributed by atoms with Gasteiger partial charge in [0.25, 0.3) is 0 Å². The molecular formula is C19H14F2N6O. The van der Waals surface area contributed by atoms with Crippen LogP contribution in [0.25, 0.3) is 27.8 Å². The van der Waals surface area contributed by atoms with E-state index in [1.165, 1.54) is 23.1 Å². The van der Waals surface area contributed by atoms with Crippen LogP contribution in [0.1, 0.15) is 0 Å². The molecule has 0 atom stereocenters. The number of aliphatic hydroxyl groups excluding tert-OH is 1. The van der Waals surface area contributed by atoms with Crippen LogP contribution in [0.2, 0.25) is 0 Å². The van der Waals surface area contributed by atoms with Crippen molar-refractivity contribution in [1.29, 1.82) is 0 Å². The molecule has 3 aromatic heterocycles. The normalized spacial score (nSPS) is 14.5. The van der Waals surface area contributed by atoms with Gasteiger partial charge in [0, 0.05) is 48.1 Å². The van der Waals surface area contributed by atoms with Crippen LogP contribution in [0.5, 0.6) is 0 Å². The molecule has 0 unspecified atom stereocenters. The number of benzene rings is 1. The van der Waals surface area contributed by atoms with Crippen molar-refractivity contribution in [1.82, 2.24) is 24.7 Å². The van der Waals surface area contributed by atoms with Crippen molar-refractivity contribution in [2.24, 2.45) is 0 Å². The largest absolute Gasteiger partial charge is 0.389 e. The van der Waals surface area contributed by atoms with Gasteiger partial charge in [0.2, 0.25) is 0 Å². The molecule has 0 saturated carbocycles. The van der Waals surface area contributed by atoms with E-state index >= 15 is 0 Å². The molecule has 4 aromatic rings. The summed E-state index contributed by atoms with van der Waals surface area (Å²) < 4.78 is 28.8. The summed E-state index contributed by atoms with van der Waals surface area (Å²) in [7, 11) is 0. The average Bonchev–Trinajstić information content (AvgIpc) is 3.10. The molecule has 0 aliphatic carbocycles. The van der Waals surface area contributed by atoms with Crippen LogP contribution in [0.15, 0.2) is 49.2 Å². The van der Waals surface area contributed by atoms with Gasteiger partial charge in [-0.05, 0) is 18.2 Å². The number of β-amino-alcohol motifs (C(OH)–C–C–N with tert-alkyl or cyclic N) is 1. The lowest BCUT2D eigenvalue weighted by atomic mass is 10.0. The lowest BCUT2D eigenvalue weighted by Gasteiger charge is -2.37. The van der Waals surface area contributed by atoms with Gasteiger partial charge in [-0.15, -0.1) is 0 Å². The number of aliphatic hydroxyl groups is 1. The standard InChI is InChI=1S/C19H14F2N6O/c20-11-1-2-17(16(21)5-11)27-19-15(7-25-27)13(3-4-23-19)14-6-22-10-24-18(14)26-8-12(28)9-26/h1-7,10,12,28H,8-9H2. The average molecular weight is 380 g/mol. The van der Waals surface area contributed by atoms with E-state index in [0.29, 0.717) is 29.9 Å². The minimum Gasteiger partial charge on any atom is -0.389 e. The lowest BCUT2D eigenvalue weighted by Crippen LogP contribution is -2.51. The highest BCUT2D eigenvalue weighted by Gasteiger charge is 2.28. The molecule has 7 nitrogen and oxygen atoms in total. The number of hydrogen-bond donors (Lipinski definition) is 1. The summed E-state index contributed by atoms with van der Waals surface area (Å²) in [6, 6.07) is 5.12. The second-order valence-corrected chi connectivity index (χ2v) is 6.57. The molecule has 0 radical (unpaired) electrons. The molecule has 1 aromatic carbocycles. The Morgan fingerprint density at radius 1 is 1.04 bits per heavy atom. The third kappa shape index (κ3) is 2.59. The van der Waals surface area contributed by atoms with Crippen molar-refractivity contribution in [2.75, 3.05) is 18.0 Å². The fourth-order valence-electron chi connectivity index (χ4n) is 3.39. The van der Waals surface area contributed by atoms with Gasteiger partial charge in [-0.25, -0.2) is 28.4 Å². The van der Waals surface area contributed by atoms with E-state index < -0.39 is 11.6 Å². The van der Waals surface area contributed by atoms with Crippen molar-refractivity contribution in [3.63, 3.8) is 0 Å². The summed E-state index contributed by atoms with van der Waals surface area (Å²) in [6.07, 6.45) is 5.96. The SMILES string of the molecule is OC1CN(c2ncncc2-c2ccnc3c2cnn3-c2ccc(F)cc2F)C1. The van der Waals surface area contributed by atoms with Crippen molar-refractivity contribution in [3.05, 3.63) is 60.8 Å². The minimum absolute atomic E-state index is 0.108. The van der Waals surface area contributed by atoms with Crippen LogP contribution in [0, 0.1) is 11.6 Å². The molecule has 1 saturated heterocycles. The summed E-state index contributed by atoms with van der Waals surface area (Å²) in [4.78, 5) is 14.8. The topological polar surface area (TPSA) is 80.0 Å². The molecule has 1 aliphatic heterocycles. The molecular weight excluding hydrogens is 366 g/mol. The van der Waals surface area contributed by atoms with E-state index in [4.69, 9.17) is 0 Å². The molecule has 1 N–H and O–H groups in total. The Bertz CT molecular complexity index is 1190. The monoisotopic (exact) mass is 380 g/mol. The van der Waals surface area contributed by atoms with Gasteiger partial charge >= 0.3 is 0 Å². The molecule has 4 heterocycles. The predicted octanol–water partition coefficient (Wildman–Crippen LogP) is 2.34. The Kier molecular flexibility index (Phi) is 3.76. The highest BCUT2D eigenvalue weighted by molar-refractivity contribution is 5.96. The first-order valence-corrected chi connectivity index (χ1v) is 8.63. The Balaban J connectivity index is 1.66. The van der Waals surface area contributed by atoms with Crippen molar-refractivity contribution >= 4 is 16.9 Å². The molecule has 9 heteroatoms. The van der Waals surface area contributed by atoms with Crippen molar-refractivity contribution < 1.29 is 13.9 Å². The first kappa shape index (κ1) is 16.7. The zero-order valence-corrected chi connectivity index (χ0v) is 14.5. The number of anilines is 1. The number of aromatic nitrogens is 5. The summed E-state index contributed by atoms with van der Waals surface area (Å²) >= 11 is 0. The predicted molar refractivity (Wildman–Crippen MR) is 98.0 cm³/mol. The molecule has 28 heavy (non-hydrogen) atoms. The third-order valence-corrected chi connectivity index (χ3v) is 4.75. The van der Waals surface area contributed by atoms with Crippen LogP contribution in [0.3, 0.4) is 0 Å². The lowest BCUT2D eigenvalue weighted by molar-refractivity contribution is 0.141. The zero-order valence-electron chi connectivity index (χ0n) is 14.5. The van der Waals surface area contributed by atoms with E-state index in [9.17, 15) is 13.9 Å². The van der Waals surface area contributed by atoms with Gasteiger partial charge in [0.15, 0.2) is 11.5 Å². The van der Waals surface area contributed by atoms with Gasteiger partial charge in [-0.2, -0.15) is 5.10 Å². The molecule has 1 fully saturated rings. The molecule has 140 valence electrons. The molecule has 1 aliphatic rings. The zero-order chi connectivity index (χ0) is 19.3. The van der Waals surface area contributed by atoms with Gasteiger partial charge in [0.1, 0.15) is 23.6 Å². The van der Waals surface area contributed by atoms with Crippen LogP contribution in [-0.4, -0.2) is 49.0 Å². The second-order valence-electron chi connectivity index (χ2n) is 6.57. The number of nitrogens with zero attached hydrogens (tertiary/aromatic N) is 6. The maximum atomic E-state index is 14.2. The van der Waals surface area contributed by atoms with E-state index in [1.807, 2.05) is 11.0 Å². The Labute approximate surface area is 157 Å². The number of halogens is 2. The Morgan fingerprint density at radius 3 is 2.68 bits per heavy atom. The second kappa shape index (κ2) is 6.31. The van der Waals surface area contributed by atoms with Crippen LogP contribution in [-0.2, 0) is 0 Å². The number of fused-ring (bicyclic) bond motifs is 1. The summed E-state index contributed by atoms with van der Waals surface area (Å²) in [5.41, 5.74) is 2.09. The van der Waals surface area contributed by atoms with Crippen molar-refractivity contribution in [2.45, 2.75) is 6.10 Å². The van der Waals surface area contributed by atoms with Crippen LogP contribution in [0.4, 0.5) is 14.6 Å².